The van der Waals surface area contributed by atoms with E-state index in [1.807, 2.05) is 6.92 Å². The van der Waals surface area contributed by atoms with E-state index in [-0.39, 0.29) is 18.0 Å². The van der Waals surface area contributed by atoms with Crippen molar-refractivity contribution in [1.29, 1.82) is 0 Å². The summed E-state index contributed by atoms with van der Waals surface area (Å²) in [5.74, 6) is -1.20. The van der Waals surface area contributed by atoms with Gasteiger partial charge in [-0.2, -0.15) is 0 Å². The predicted octanol–water partition coefficient (Wildman–Crippen LogP) is 1.77. The number of rotatable bonds is 5. The van der Waals surface area contributed by atoms with Gasteiger partial charge in [-0.3, -0.25) is 9.59 Å². The highest BCUT2D eigenvalue weighted by Gasteiger charge is 2.21. The molecule has 0 aromatic heterocycles. The molecular formula is C14H19FN2O2. The second kappa shape index (κ2) is 6.87. The van der Waals surface area contributed by atoms with Gasteiger partial charge in [0, 0.05) is 20.6 Å². The Balaban J connectivity index is 2.90. The smallest absolute Gasteiger partial charge is 0.257 e. The van der Waals surface area contributed by atoms with E-state index in [4.69, 9.17) is 0 Å². The highest BCUT2D eigenvalue weighted by atomic mass is 19.1. The Labute approximate surface area is 112 Å². The standard InChI is InChI=1S/C14H19FN2O2/c1-4-9-17(10-13(18)16(2)3)14(19)11-7-5-6-8-12(11)15/h5-8H,4,9-10H2,1-3H3. The molecule has 19 heavy (non-hydrogen) atoms. The molecule has 0 aliphatic carbocycles. The number of hydrogen-bond donors (Lipinski definition) is 0. The minimum absolute atomic E-state index is 0.00232. The van der Waals surface area contributed by atoms with Crippen LogP contribution in [0.5, 0.6) is 0 Å². The Bertz CT molecular complexity index is 461. The number of halogens is 1. The normalized spacial score (nSPS) is 10.1. The summed E-state index contributed by atoms with van der Waals surface area (Å²) in [6.45, 7) is 2.29. The summed E-state index contributed by atoms with van der Waals surface area (Å²) >= 11 is 0. The van der Waals surface area contributed by atoms with Crippen LogP contribution in [0.25, 0.3) is 0 Å². The van der Waals surface area contributed by atoms with Gasteiger partial charge in [0.2, 0.25) is 5.91 Å². The van der Waals surface area contributed by atoms with Gasteiger partial charge in [0.1, 0.15) is 12.4 Å². The number of carbonyl (C=O) groups is 2. The van der Waals surface area contributed by atoms with Gasteiger partial charge < -0.3 is 9.80 Å². The van der Waals surface area contributed by atoms with Crippen LogP contribution in [0.3, 0.4) is 0 Å². The molecular weight excluding hydrogens is 247 g/mol. The molecule has 1 aromatic rings. The topological polar surface area (TPSA) is 40.6 Å². The van der Waals surface area contributed by atoms with Crippen LogP contribution in [0.1, 0.15) is 23.7 Å². The fourth-order valence-corrected chi connectivity index (χ4v) is 1.63. The molecule has 0 N–H and O–H groups in total. The van der Waals surface area contributed by atoms with Crippen molar-refractivity contribution in [3.8, 4) is 0 Å². The molecule has 0 fully saturated rings. The lowest BCUT2D eigenvalue weighted by molar-refractivity contribution is -0.129. The first-order chi connectivity index (χ1) is 8.97. The maximum absolute atomic E-state index is 13.6. The molecule has 0 saturated heterocycles. The molecule has 0 aliphatic heterocycles. The average Bonchev–Trinajstić information content (AvgIpc) is 2.37. The Morgan fingerprint density at radius 3 is 2.37 bits per heavy atom. The first kappa shape index (κ1) is 15.1. The van der Waals surface area contributed by atoms with E-state index in [0.717, 1.165) is 0 Å². The van der Waals surface area contributed by atoms with Crippen LogP contribution in [0.4, 0.5) is 4.39 Å². The maximum Gasteiger partial charge on any atom is 0.257 e. The van der Waals surface area contributed by atoms with Gasteiger partial charge in [0.25, 0.3) is 5.91 Å². The zero-order valence-corrected chi connectivity index (χ0v) is 11.5. The molecule has 0 spiro atoms. The lowest BCUT2D eigenvalue weighted by atomic mass is 10.2. The Kier molecular flexibility index (Phi) is 5.48. The second-order valence-corrected chi connectivity index (χ2v) is 4.49. The van der Waals surface area contributed by atoms with Gasteiger partial charge in [-0.05, 0) is 18.6 Å². The summed E-state index contributed by atoms with van der Waals surface area (Å²) in [6.07, 6.45) is 0.709. The number of benzene rings is 1. The number of amides is 2. The molecule has 4 nitrogen and oxygen atoms in total. The van der Waals surface area contributed by atoms with Gasteiger partial charge in [0.15, 0.2) is 0 Å². The van der Waals surface area contributed by atoms with Crippen molar-refractivity contribution in [2.75, 3.05) is 27.2 Å². The molecule has 0 aliphatic rings. The van der Waals surface area contributed by atoms with Crippen molar-refractivity contribution in [1.82, 2.24) is 9.80 Å². The fourth-order valence-electron chi connectivity index (χ4n) is 1.63. The first-order valence-corrected chi connectivity index (χ1v) is 6.21. The molecule has 2 amide bonds. The summed E-state index contributed by atoms with van der Waals surface area (Å²) in [5, 5.41) is 0. The summed E-state index contributed by atoms with van der Waals surface area (Å²) in [6, 6.07) is 5.81. The molecule has 104 valence electrons. The lowest BCUT2D eigenvalue weighted by Crippen LogP contribution is -2.41. The van der Waals surface area contributed by atoms with Crippen LogP contribution < -0.4 is 0 Å². The third kappa shape index (κ3) is 4.05. The van der Waals surface area contributed by atoms with E-state index in [2.05, 4.69) is 0 Å². The molecule has 0 saturated carbocycles. The number of carbonyl (C=O) groups excluding carboxylic acids is 2. The molecule has 0 bridgehead atoms. The minimum atomic E-state index is -0.564. The van der Waals surface area contributed by atoms with E-state index in [1.165, 1.54) is 28.0 Å². The average molecular weight is 266 g/mol. The van der Waals surface area contributed by atoms with Crippen molar-refractivity contribution in [3.63, 3.8) is 0 Å². The van der Waals surface area contributed by atoms with Crippen molar-refractivity contribution < 1.29 is 14.0 Å². The second-order valence-electron chi connectivity index (χ2n) is 4.49. The minimum Gasteiger partial charge on any atom is -0.347 e. The van der Waals surface area contributed by atoms with Crippen LogP contribution >= 0.6 is 0 Å². The molecule has 0 radical (unpaired) electrons. The monoisotopic (exact) mass is 266 g/mol. The SMILES string of the molecule is CCCN(CC(=O)N(C)C)C(=O)c1ccccc1F. The lowest BCUT2D eigenvalue weighted by Gasteiger charge is -2.23. The Hall–Kier alpha value is -1.91. The van der Waals surface area contributed by atoms with Crippen molar-refractivity contribution in [2.45, 2.75) is 13.3 Å². The van der Waals surface area contributed by atoms with Gasteiger partial charge in [-0.25, -0.2) is 4.39 Å². The maximum atomic E-state index is 13.6. The van der Waals surface area contributed by atoms with Crippen molar-refractivity contribution in [2.24, 2.45) is 0 Å². The molecule has 0 unspecified atom stereocenters. The van der Waals surface area contributed by atoms with Gasteiger partial charge in [-0.1, -0.05) is 19.1 Å². The van der Waals surface area contributed by atoms with E-state index < -0.39 is 11.7 Å². The van der Waals surface area contributed by atoms with E-state index in [0.29, 0.717) is 13.0 Å². The third-order valence-electron chi connectivity index (χ3n) is 2.71. The van der Waals surface area contributed by atoms with Crippen LogP contribution in [0.2, 0.25) is 0 Å². The summed E-state index contributed by atoms with van der Waals surface area (Å²) in [5.41, 5.74) is 0.00232. The Morgan fingerprint density at radius 1 is 1.21 bits per heavy atom. The van der Waals surface area contributed by atoms with Gasteiger partial charge in [0.05, 0.1) is 5.56 Å². The zero-order valence-electron chi connectivity index (χ0n) is 11.5. The van der Waals surface area contributed by atoms with Crippen LogP contribution in [-0.2, 0) is 4.79 Å². The first-order valence-electron chi connectivity index (χ1n) is 6.21. The number of nitrogens with zero attached hydrogens (tertiary/aromatic N) is 2. The van der Waals surface area contributed by atoms with Gasteiger partial charge in [-0.15, -0.1) is 0 Å². The molecule has 1 rings (SSSR count). The molecule has 0 atom stereocenters. The van der Waals surface area contributed by atoms with Crippen LogP contribution in [0, 0.1) is 5.82 Å². The van der Waals surface area contributed by atoms with E-state index in [1.54, 1.807) is 20.2 Å². The number of hydrogen-bond acceptors (Lipinski definition) is 2. The van der Waals surface area contributed by atoms with Crippen LogP contribution in [0.15, 0.2) is 24.3 Å². The zero-order chi connectivity index (χ0) is 14.4. The van der Waals surface area contributed by atoms with Crippen LogP contribution in [-0.4, -0.2) is 48.8 Å². The molecule has 1 aromatic carbocycles. The summed E-state index contributed by atoms with van der Waals surface area (Å²) in [7, 11) is 3.25. The highest BCUT2D eigenvalue weighted by Crippen LogP contribution is 2.10. The summed E-state index contributed by atoms with van der Waals surface area (Å²) < 4.78 is 13.6. The van der Waals surface area contributed by atoms with Crippen molar-refractivity contribution in [3.05, 3.63) is 35.6 Å². The van der Waals surface area contributed by atoms with Gasteiger partial charge >= 0.3 is 0 Å². The summed E-state index contributed by atoms with van der Waals surface area (Å²) in [4.78, 5) is 26.7. The molecule has 5 heteroatoms. The highest BCUT2D eigenvalue weighted by molar-refractivity contribution is 5.96. The fraction of sp³-hybridized carbons (Fsp3) is 0.429. The largest absolute Gasteiger partial charge is 0.347 e. The predicted molar refractivity (Wildman–Crippen MR) is 71.3 cm³/mol. The van der Waals surface area contributed by atoms with E-state index in [9.17, 15) is 14.0 Å². The van der Waals surface area contributed by atoms with E-state index >= 15 is 0 Å². The third-order valence-corrected chi connectivity index (χ3v) is 2.71. The number of likely N-dealkylation sites (N-methyl/N-ethyl adjacent to an activating group) is 1. The molecule has 0 heterocycles. The quantitative estimate of drug-likeness (QED) is 0.815. The Morgan fingerprint density at radius 2 is 1.84 bits per heavy atom. The van der Waals surface area contributed by atoms with Crippen molar-refractivity contribution >= 4 is 11.8 Å².